The van der Waals surface area contributed by atoms with Crippen molar-refractivity contribution >= 4 is 6.08 Å². The molecular weight excluding hydrogens is 515 g/mol. The first-order valence-corrected chi connectivity index (χ1v) is 8.24. The Morgan fingerprint density at radius 3 is 1.90 bits per heavy atom. The zero-order valence-corrected chi connectivity index (χ0v) is 22.6. The molecule has 0 aliphatic heterocycles. The SMILES string of the molecule is CC(CC1[C-]=Cc2ccccc21)c1ccccc1.[CH3-].[CH3-].[CH3-].[CH3-].[CH3-].[Hf].c1cc[cH-]c1. The van der Waals surface area contributed by atoms with E-state index in [1.54, 1.807) is 0 Å². The quantitative estimate of drug-likeness (QED) is 0.226. The Kier molecular flexibility index (Phi) is 22.2. The van der Waals surface area contributed by atoms with Gasteiger partial charge < -0.3 is 37.1 Å². The van der Waals surface area contributed by atoms with Crippen molar-refractivity contribution in [2.75, 3.05) is 0 Å². The first-order chi connectivity index (χ1) is 11.3. The molecule has 1 aliphatic carbocycles. The summed E-state index contributed by atoms with van der Waals surface area (Å²) in [5, 5.41) is 0. The summed E-state index contributed by atoms with van der Waals surface area (Å²) >= 11 is 0. The number of benzene rings is 2. The van der Waals surface area contributed by atoms with Gasteiger partial charge in [0.2, 0.25) is 0 Å². The molecule has 1 heteroatoms. The summed E-state index contributed by atoms with van der Waals surface area (Å²) in [5.41, 5.74) is 4.19. The normalized spacial score (nSPS) is 12.9. The molecule has 0 spiro atoms. The van der Waals surface area contributed by atoms with E-state index in [1.165, 1.54) is 16.7 Å². The monoisotopic (exact) mass is 553 g/mol. The zero-order valence-electron chi connectivity index (χ0n) is 19.0. The van der Waals surface area contributed by atoms with Gasteiger partial charge in [0.05, 0.1) is 0 Å². The average molecular weight is 552 g/mol. The molecule has 0 nitrogen and oxygen atoms in total. The zero-order chi connectivity index (χ0) is 15.9. The first kappa shape index (κ1) is 34.9. The summed E-state index contributed by atoms with van der Waals surface area (Å²) in [4.78, 5) is 0. The maximum Gasteiger partial charge on any atom is 0 e. The fraction of sp³-hybridized carbons (Fsp3) is 0.143. The van der Waals surface area contributed by atoms with Crippen molar-refractivity contribution in [2.24, 2.45) is 0 Å². The molecule has 0 amide bonds. The van der Waals surface area contributed by atoms with Gasteiger partial charge >= 0.3 is 0 Å². The van der Waals surface area contributed by atoms with Crippen LogP contribution in [0.25, 0.3) is 6.08 Å². The average Bonchev–Trinajstić information content (AvgIpc) is 3.29. The van der Waals surface area contributed by atoms with Gasteiger partial charge in [-0.3, -0.25) is 6.08 Å². The van der Waals surface area contributed by atoms with Crippen LogP contribution in [0.15, 0.2) is 84.9 Å². The van der Waals surface area contributed by atoms with Crippen LogP contribution < -0.4 is 0 Å². The molecule has 3 aromatic carbocycles. The van der Waals surface area contributed by atoms with E-state index in [-0.39, 0.29) is 63.0 Å². The molecule has 2 atom stereocenters. The largest absolute Gasteiger partial charge is 0.358 e. The van der Waals surface area contributed by atoms with Gasteiger partial charge in [-0.05, 0) is 11.5 Å². The first-order valence-electron chi connectivity index (χ1n) is 8.24. The number of fused-ring (bicyclic) bond motifs is 1. The van der Waals surface area contributed by atoms with E-state index >= 15 is 0 Å². The van der Waals surface area contributed by atoms with Gasteiger partial charge in [0.1, 0.15) is 0 Å². The Morgan fingerprint density at radius 1 is 0.793 bits per heavy atom. The predicted octanol–water partition coefficient (Wildman–Crippen LogP) is 8.45. The van der Waals surface area contributed by atoms with Crippen molar-refractivity contribution in [3.8, 4) is 0 Å². The van der Waals surface area contributed by atoms with Crippen LogP contribution in [0.4, 0.5) is 0 Å². The molecule has 0 fully saturated rings. The summed E-state index contributed by atoms with van der Waals surface area (Å²) in [7, 11) is 0. The van der Waals surface area contributed by atoms with Crippen LogP contribution in [0.2, 0.25) is 0 Å². The molecule has 0 saturated heterocycles. The Morgan fingerprint density at radius 2 is 1.34 bits per heavy atom. The Labute approximate surface area is 201 Å². The van der Waals surface area contributed by atoms with Gasteiger partial charge in [-0.2, -0.15) is 23.8 Å². The van der Waals surface area contributed by atoms with Crippen molar-refractivity contribution in [2.45, 2.75) is 25.2 Å². The van der Waals surface area contributed by atoms with Crippen LogP contribution in [-0.4, -0.2) is 0 Å². The van der Waals surface area contributed by atoms with Crippen LogP contribution in [0.3, 0.4) is 0 Å². The molecule has 0 heterocycles. The van der Waals surface area contributed by atoms with Crippen molar-refractivity contribution in [1.29, 1.82) is 0 Å². The Bertz CT molecular complexity index is 709. The minimum absolute atomic E-state index is 0. The molecule has 0 radical (unpaired) electrons. The molecule has 1 aliphatic rings. The van der Waals surface area contributed by atoms with Crippen LogP contribution in [0.1, 0.15) is 41.9 Å². The fourth-order valence-electron chi connectivity index (χ4n) is 3.03. The van der Waals surface area contributed by atoms with Gasteiger partial charge in [0.15, 0.2) is 0 Å². The third-order valence-corrected chi connectivity index (χ3v) is 4.32. The maximum atomic E-state index is 3.50. The standard InChI is InChI=1S/C18H17.C5H5.5CH3.Hf/c1-14(15-7-3-2-4-8-15)13-17-12-11-16-9-5-6-10-18(16)17;1-2-4-5-3-1;;;;;;/h2-11,14,17H,13H2,1H3;1-5H;5*1H3;/q7*-1;. The third-order valence-electron chi connectivity index (χ3n) is 4.32. The summed E-state index contributed by atoms with van der Waals surface area (Å²) in [6.45, 7) is 2.30. The minimum Gasteiger partial charge on any atom is -0.358 e. The molecule has 160 valence electrons. The molecule has 0 N–H and O–H groups in total. The second-order valence-corrected chi connectivity index (χ2v) is 6.00. The molecule has 2 unspecified atom stereocenters. The summed E-state index contributed by atoms with van der Waals surface area (Å²) in [6.07, 6.45) is 6.77. The van der Waals surface area contributed by atoms with E-state index in [4.69, 9.17) is 0 Å². The number of allylic oxidation sites excluding steroid dienone is 1. The number of hydrogen-bond donors (Lipinski definition) is 0. The van der Waals surface area contributed by atoms with Gasteiger partial charge in [0.25, 0.3) is 0 Å². The van der Waals surface area contributed by atoms with Crippen molar-refractivity contribution in [1.82, 2.24) is 0 Å². The molecule has 0 bridgehead atoms. The van der Waals surface area contributed by atoms with E-state index in [1.807, 2.05) is 30.3 Å². The Hall–Kier alpha value is -1.60. The topological polar surface area (TPSA) is 0 Å². The van der Waals surface area contributed by atoms with E-state index in [9.17, 15) is 0 Å². The van der Waals surface area contributed by atoms with Crippen molar-refractivity contribution in [3.63, 3.8) is 0 Å². The summed E-state index contributed by atoms with van der Waals surface area (Å²) in [6, 6.07) is 29.4. The van der Waals surface area contributed by atoms with Crippen molar-refractivity contribution < 1.29 is 25.8 Å². The van der Waals surface area contributed by atoms with Gasteiger partial charge in [-0.1, -0.05) is 67.8 Å². The number of rotatable bonds is 3. The Balaban J connectivity index is -0.000000253. The smallest absolute Gasteiger partial charge is 0 e. The predicted molar refractivity (Wildman–Crippen MR) is 130 cm³/mol. The van der Waals surface area contributed by atoms with Gasteiger partial charge in [0, 0.05) is 25.8 Å². The molecule has 29 heavy (non-hydrogen) atoms. The molecule has 0 saturated carbocycles. The second kappa shape index (κ2) is 18.4. The molecule has 4 rings (SSSR count). The van der Waals surface area contributed by atoms with E-state index in [2.05, 4.69) is 73.7 Å². The van der Waals surface area contributed by atoms with E-state index < -0.39 is 0 Å². The summed E-state index contributed by atoms with van der Waals surface area (Å²) in [5.74, 6) is 1.03. The van der Waals surface area contributed by atoms with Gasteiger partial charge in [-0.15, -0.1) is 11.6 Å². The van der Waals surface area contributed by atoms with Crippen LogP contribution >= 0.6 is 0 Å². The van der Waals surface area contributed by atoms with Crippen molar-refractivity contribution in [3.05, 3.63) is 145 Å². The van der Waals surface area contributed by atoms with Crippen LogP contribution in [0, 0.1) is 43.2 Å². The fourth-order valence-corrected chi connectivity index (χ4v) is 3.03. The number of hydrogen-bond acceptors (Lipinski definition) is 0. The van der Waals surface area contributed by atoms with E-state index in [0.29, 0.717) is 11.8 Å². The molecular formula is C28H37Hf-7. The van der Waals surface area contributed by atoms with E-state index in [0.717, 1.165) is 6.42 Å². The molecule has 0 aromatic heterocycles. The third kappa shape index (κ3) is 10.1. The minimum atomic E-state index is 0. The van der Waals surface area contributed by atoms with Crippen LogP contribution in [-0.2, 0) is 25.8 Å². The van der Waals surface area contributed by atoms with Crippen LogP contribution in [0.5, 0.6) is 0 Å². The summed E-state index contributed by atoms with van der Waals surface area (Å²) < 4.78 is 0. The molecule has 3 aromatic rings. The van der Waals surface area contributed by atoms with Gasteiger partial charge in [-0.25, -0.2) is 18.2 Å². The maximum absolute atomic E-state index is 3.50. The second-order valence-electron chi connectivity index (χ2n) is 6.00.